The zero-order valence-corrected chi connectivity index (χ0v) is 10.9. The van der Waals surface area contributed by atoms with Gasteiger partial charge < -0.3 is 4.74 Å². The van der Waals surface area contributed by atoms with Crippen LogP contribution in [0.25, 0.3) is 10.6 Å². The Morgan fingerprint density at radius 3 is 2.73 bits per heavy atom. The molecule has 2 nitrogen and oxygen atoms in total. The Bertz CT molecular complexity index is 481. The van der Waals surface area contributed by atoms with Crippen molar-refractivity contribution in [3.63, 3.8) is 0 Å². The van der Waals surface area contributed by atoms with Crippen LogP contribution in [0.4, 0.5) is 0 Å². The first-order chi connectivity index (χ1) is 7.20. The van der Waals surface area contributed by atoms with Gasteiger partial charge in [0.25, 0.3) is 0 Å². The molecule has 0 spiro atoms. The molecule has 0 saturated heterocycles. The first-order valence-electron chi connectivity index (χ1n) is 4.47. The van der Waals surface area contributed by atoms with Crippen molar-refractivity contribution in [1.29, 1.82) is 0 Å². The molecule has 0 bridgehead atoms. The van der Waals surface area contributed by atoms with Gasteiger partial charge in [-0.25, -0.2) is 4.98 Å². The molecule has 0 saturated carbocycles. The minimum atomic E-state index is 0.885. The lowest BCUT2D eigenvalue weighted by molar-refractivity contribution is 0.412. The number of thiazole rings is 1. The predicted octanol–water partition coefficient (Wildman–Crippen LogP) is 3.89. The Kier molecular flexibility index (Phi) is 3.07. The maximum atomic E-state index is 5.21. The number of halogens is 1. The molecule has 0 atom stereocenters. The van der Waals surface area contributed by atoms with Crippen LogP contribution in [0.1, 0.15) is 5.56 Å². The van der Waals surface area contributed by atoms with Crippen molar-refractivity contribution in [2.45, 2.75) is 6.92 Å². The number of aryl methyl sites for hydroxylation is 1. The van der Waals surface area contributed by atoms with E-state index in [1.807, 2.05) is 24.4 Å². The summed E-state index contributed by atoms with van der Waals surface area (Å²) in [7, 11) is 1.68. The Morgan fingerprint density at radius 1 is 1.40 bits per heavy atom. The maximum absolute atomic E-state index is 5.21. The summed E-state index contributed by atoms with van der Waals surface area (Å²) in [6, 6.07) is 6.08. The van der Waals surface area contributed by atoms with Gasteiger partial charge in [-0.05, 0) is 46.6 Å². The van der Waals surface area contributed by atoms with Gasteiger partial charge >= 0.3 is 0 Å². The zero-order chi connectivity index (χ0) is 10.8. The molecule has 1 heterocycles. The third-order valence-electron chi connectivity index (χ3n) is 2.12. The molecule has 0 radical (unpaired) electrons. The SMILES string of the molecule is COc1ccc(-c2nc(Br)cs2)cc1C. The second-order valence-electron chi connectivity index (χ2n) is 3.16. The number of hydrogen-bond donors (Lipinski definition) is 0. The largest absolute Gasteiger partial charge is 0.496 e. The van der Waals surface area contributed by atoms with Gasteiger partial charge in [0.15, 0.2) is 0 Å². The van der Waals surface area contributed by atoms with Gasteiger partial charge in [-0.1, -0.05) is 0 Å². The van der Waals surface area contributed by atoms with Crippen molar-refractivity contribution in [2.75, 3.05) is 7.11 Å². The van der Waals surface area contributed by atoms with Crippen LogP contribution in [0.2, 0.25) is 0 Å². The summed E-state index contributed by atoms with van der Waals surface area (Å²) >= 11 is 4.98. The van der Waals surface area contributed by atoms with Crippen LogP contribution in [-0.4, -0.2) is 12.1 Å². The number of aromatic nitrogens is 1. The summed E-state index contributed by atoms with van der Waals surface area (Å²) in [6.45, 7) is 2.03. The summed E-state index contributed by atoms with van der Waals surface area (Å²) < 4.78 is 6.10. The van der Waals surface area contributed by atoms with Gasteiger partial charge in [-0.15, -0.1) is 11.3 Å². The van der Waals surface area contributed by atoms with Crippen LogP contribution >= 0.6 is 27.3 Å². The molecule has 1 aromatic carbocycles. The highest BCUT2D eigenvalue weighted by Gasteiger charge is 2.05. The number of methoxy groups -OCH3 is 1. The molecular formula is C11H10BrNOS. The lowest BCUT2D eigenvalue weighted by atomic mass is 10.1. The van der Waals surface area contributed by atoms with Crippen molar-refractivity contribution >= 4 is 27.3 Å². The standard InChI is InChI=1S/C11H10BrNOS/c1-7-5-8(3-4-9(7)14-2)11-13-10(12)6-15-11/h3-6H,1-2H3. The van der Waals surface area contributed by atoms with Gasteiger partial charge in [0.2, 0.25) is 0 Å². The maximum Gasteiger partial charge on any atom is 0.124 e. The van der Waals surface area contributed by atoms with Crippen molar-refractivity contribution in [2.24, 2.45) is 0 Å². The summed E-state index contributed by atoms with van der Waals surface area (Å²) in [4.78, 5) is 4.37. The van der Waals surface area contributed by atoms with E-state index < -0.39 is 0 Å². The zero-order valence-electron chi connectivity index (χ0n) is 8.45. The third-order valence-corrected chi connectivity index (χ3v) is 3.72. The molecule has 0 amide bonds. The average molecular weight is 284 g/mol. The lowest BCUT2D eigenvalue weighted by Gasteiger charge is -2.05. The van der Waals surface area contributed by atoms with E-state index in [1.165, 1.54) is 0 Å². The normalized spacial score (nSPS) is 10.3. The van der Waals surface area contributed by atoms with E-state index in [0.717, 1.165) is 26.5 Å². The minimum absolute atomic E-state index is 0.885. The topological polar surface area (TPSA) is 22.1 Å². The fraction of sp³-hybridized carbons (Fsp3) is 0.182. The van der Waals surface area contributed by atoms with Crippen molar-refractivity contribution in [1.82, 2.24) is 4.98 Å². The van der Waals surface area contributed by atoms with Crippen LogP contribution in [0.15, 0.2) is 28.2 Å². The van der Waals surface area contributed by atoms with E-state index in [0.29, 0.717) is 0 Å². The molecular weight excluding hydrogens is 274 g/mol. The van der Waals surface area contributed by atoms with E-state index >= 15 is 0 Å². The number of rotatable bonds is 2. The molecule has 2 rings (SSSR count). The summed E-state index contributed by atoms with van der Waals surface area (Å²) in [6.07, 6.45) is 0. The lowest BCUT2D eigenvalue weighted by Crippen LogP contribution is -1.87. The Morgan fingerprint density at radius 2 is 2.20 bits per heavy atom. The van der Waals surface area contributed by atoms with Gasteiger partial charge in [-0.2, -0.15) is 0 Å². The minimum Gasteiger partial charge on any atom is -0.496 e. The quantitative estimate of drug-likeness (QED) is 0.834. The van der Waals surface area contributed by atoms with Crippen LogP contribution < -0.4 is 4.74 Å². The highest BCUT2D eigenvalue weighted by molar-refractivity contribution is 9.10. The number of hydrogen-bond acceptors (Lipinski definition) is 3. The van der Waals surface area contributed by atoms with Crippen molar-refractivity contribution < 1.29 is 4.74 Å². The van der Waals surface area contributed by atoms with Gasteiger partial charge in [0.1, 0.15) is 15.4 Å². The number of ether oxygens (including phenoxy) is 1. The van der Waals surface area contributed by atoms with E-state index in [-0.39, 0.29) is 0 Å². The molecule has 78 valence electrons. The highest BCUT2D eigenvalue weighted by Crippen LogP contribution is 2.29. The molecule has 0 unspecified atom stereocenters. The monoisotopic (exact) mass is 283 g/mol. The van der Waals surface area contributed by atoms with E-state index in [1.54, 1.807) is 18.4 Å². The van der Waals surface area contributed by atoms with E-state index in [2.05, 4.69) is 27.0 Å². The second kappa shape index (κ2) is 4.33. The molecule has 0 aliphatic rings. The Labute approximate surface area is 101 Å². The van der Waals surface area contributed by atoms with E-state index in [9.17, 15) is 0 Å². The highest BCUT2D eigenvalue weighted by atomic mass is 79.9. The summed E-state index contributed by atoms with van der Waals surface area (Å²) in [5.41, 5.74) is 2.25. The van der Waals surface area contributed by atoms with Crippen LogP contribution in [-0.2, 0) is 0 Å². The second-order valence-corrected chi connectivity index (χ2v) is 4.83. The Hall–Kier alpha value is -0.870. The summed E-state index contributed by atoms with van der Waals surface area (Å²) in [5.74, 6) is 0.911. The van der Waals surface area contributed by atoms with Crippen molar-refractivity contribution in [3.05, 3.63) is 33.7 Å². The van der Waals surface area contributed by atoms with Gasteiger partial charge in [0, 0.05) is 10.9 Å². The first-order valence-corrected chi connectivity index (χ1v) is 6.14. The molecule has 0 N–H and O–H groups in total. The average Bonchev–Trinajstić information content (AvgIpc) is 2.65. The predicted molar refractivity (Wildman–Crippen MR) is 66.5 cm³/mol. The van der Waals surface area contributed by atoms with Crippen LogP contribution in [0, 0.1) is 6.92 Å². The van der Waals surface area contributed by atoms with Crippen molar-refractivity contribution in [3.8, 4) is 16.3 Å². The Balaban J connectivity index is 2.42. The molecule has 1 aromatic heterocycles. The van der Waals surface area contributed by atoms with Crippen LogP contribution in [0.5, 0.6) is 5.75 Å². The van der Waals surface area contributed by atoms with Gasteiger partial charge in [0.05, 0.1) is 7.11 Å². The number of nitrogens with zero attached hydrogens (tertiary/aromatic N) is 1. The number of benzene rings is 1. The smallest absolute Gasteiger partial charge is 0.124 e. The molecule has 0 aliphatic carbocycles. The molecule has 4 heteroatoms. The van der Waals surface area contributed by atoms with Gasteiger partial charge in [-0.3, -0.25) is 0 Å². The molecule has 0 aliphatic heterocycles. The fourth-order valence-electron chi connectivity index (χ4n) is 1.40. The fourth-order valence-corrected chi connectivity index (χ4v) is 2.65. The molecule has 15 heavy (non-hydrogen) atoms. The summed E-state index contributed by atoms with van der Waals surface area (Å²) in [5, 5.41) is 3.00. The molecule has 2 aromatic rings. The first kappa shape index (κ1) is 10.6. The van der Waals surface area contributed by atoms with Crippen LogP contribution in [0.3, 0.4) is 0 Å². The molecule has 0 fully saturated rings. The van der Waals surface area contributed by atoms with E-state index in [4.69, 9.17) is 4.74 Å². The third kappa shape index (κ3) is 2.21.